The molecule has 1 fully saturated rings. The van der Waals surface area contributed by atoms with Gasteiger partial charge in [0.25, 0.3) is 0 Å². The highest BCUT2D eigenvalue weighted by molar-refractivity contribution is 7.08. The summed E-state index contributed by atoms with van der Waals surface area (Å²) in [5.74, 6) is 0. The number of hydrogen-bond acceptors (Lipinski definition) is 3. The minimum atomic E-state index is 0.759. The molecular formula is C14H24N2S. The molecule has 1 aromatic rings. The minimum absolute atomic E-state index is 0.759. The van der Waals surface area contributed by atoms with E-state index in [1.54, 1.807) is 0 Å². The van der Waals surface area contributed by atoms with Crippen LogP contribution in [-0.4, -0.2) is 30.6 Å². The summed E-state index contributed by atoms with van der Waals surface area (Å²) in [5.41, 5.74) is 2.98. The third kappa shape index (κ3) is 3.80. The van der Waals surface area contributed by atoms with E-state index >= 15 is 0 Å². The van der Waals surface area contributed by atoms with Gasteiger partial charge >= 0.3 is 0 Å². The van der Waals surface area contributed by atoms with Crippen molar-refractivity contribution >= 4 is 11.3 Å². The molecule has 1 aromatic heterocycles. The summed E-state index contributed by atoms with van der Waals surface area (Å²) in [4.78, 5) is 2.60. The van der Waals surface area contributed by atoms with E-state index in [0.29, 0.717) is 0 Å². The van der Waals surface area contributed by atoms with Crippen molar-refractivity contribution in [2.45, 2.75) is 45.7 Å². The number of rotatable bonds is 5. The molecule has 0 amide bonds. The summed E-state index contributed by atoms with van der Waals surface area (Å²) in [6.07, 6.45) is 3.86. The Hall–Kier alpha value is -0.380. The van der Waals surface area contributed by atoms with Gasteiger partial charge in [0, 0.05) is 12.6 Å². The lowest BCUT2D eigenvalue weighted by atomic mass is 10.0. The Morgan fingerprint density at radius 1 is 1.35 bits per heavy atom. The average Bonchev–Trinajstić information content (AvgIpc) is 2.74. The van der Waals surface area contributed by atoms with Gasteiger partial charge in [-0.1, -0.05) is 6.92 Å². The van der Waals surface area contributed by atoms with Crippen molar-refractivity contribution in [2.24, 2.45) is 0 Å². The van der Waals surface area contributed by atoms with E-state index in [1.807, 2.05) is 11.3 Å². The van der Waals surface area contributed by atoms with Crippen LogP contribution in [0.2, 0.25) is 0 Å². The zero-order valence-corrected chi connectivity index (χ0v) is 11.9. The SMILES string of the molecule is CCCNC1CCN(Cc2cscc2C)CC1. The Labute approximate surface area is 109 Å². The number of nitrogens with one attached hydrogen (secondary N) is 1. The van der Waals surface area contributed by atoms with Crippen LogP contribution in [0.4, 0.5) is 0 Å². The Morgan fingerprint density at radius 3 is 2.71 bits per heavy atom. The highest BCUT2D eigenvalue weighted by atomic mass is 32.1. The van der Waals surface area contributed by atoms with Gasteiger partial charge in [-0.15, -0.1) is 0 Å². The van der Waals surface area contributed by atoms with Crippen LogP contribution in [0.5, 0.6) is 0 Å². The maximum atomic E-state index is 3.64. The van der Waals surface area contributed by atoms with Gasteiger partial charge in [-0.25, -0.2) is 0 Å². The van der Waals surface area contributed by atoms with Gasteiger partial charge in [-0.3, -0.25) is 4.90 Å². The van der Waals surface area contributed by atoms with Crippen LogP contribution < -0.4 is 5.32 Å². The highest BCUT2D eigenvalue weighted by Crippen LogP contribution is 2.19. The lowest BCUT2D eigenvalue weighted by Gasteiger charge is -2.32. The van der Waals surface area contributed by atoms with Crippen LogP contribution in [0, 0.1) is 6.92 Å². The molecular weight excluding hydrogens is 228 g/mol. The van der Waals surface area contributed by atoms with Crippen LogP contribution in [0.25, 0.3) is 0 Å². The molecule has 0 spiro atoms. The lowest BCUT2D eigenvalue weighted by Crippen LogP contribution is -2.42. The molecule has 96 valence electrons. The van der Waals surface area contributed by atoms with Gasteiger partial charge in [0.2, 0.25) is 0 Å². The maximum Gasteiger partial charge on any atom is 0.0244 e. The normalized spacial score (nSPS) is 18.7. The Kier molecular flexibility index (Phi) is 5.01. The van der Waals surface area contributed by atoms with E-state index < -0.39 is 0 Å². The third-order valence-corrected chi connectivity index (χ3v) is 4.54. The molecule has 0 saturated carbocycles. The van der Waals surface area contributed by atoms with Gasteiger partial charge in [0.1, 0.15) is 0 Å². The molecule has 0 unspecified atom stereocenters. The number of likely N-dealkylation sites (tertiary alicyclic amines) is 1. The molecule has 2 rings (SSSR count). The van der Waals surface area contributed by atoms with Crippen molar-refractivity contribution in [3.8, 4) is 0 Å². The van der Waals surface area contributed by atoms with E-state index in [2.05, 4.69) is 34.8 Å². The van der Waals surface area contributed by atoms with E-state index in [-0.39, 0.29) is 0 Å². The van der Waals surface area contributed by atoms with Gasteiger partial charge in [0.15, 0.2) is 0 Å². The predicted molar refractivity (Wildman–Crippen MR) is 75.6 cm³/mol. The fourth-order valence-electron chi connectivity index (χ4n) is 2.43. The van der Waals surface area contributed by atoms with Crippen molar-refractivity contribution in [3.05, 3.63) is 21.9 Å². The fourth-order valence-corrected chi connectivity index (χ4v) is 3.28. The molecule has 0 atom stereocenters. The monoisotopic (exact) mass is 252 g/mol. The molecule has 0 aromatic carbocycles. The standard InChI is InChI=1S/C14H24N2S/c1-3-6-15-14-4-7-16(8-5-14)9-13-11-17-10-12(13)2/h10-11,14-15H,3-9H2,1-2H3. The van der Waals surface area contributed by atoms with Crippen LogP contribution in [0.3, 0.4) is 0 Å². The molecule has 3 heteroatoms. The van der Waals surface area contributed by atoms with Gasteiger partial charge in [-0.05, 0) is 67.7 Å². The number of aryl methyl sites for hydroxylation is 1. The zero-order valence-electron chi connectivity index (χ0n) is 11.0. The van der Waals surface area contributed by atoms with Crippen molar-refractivity contribution in [3.63, 3.8) is 0 Å². The second-order valence-electron chi connectivity index (χ2n) is 5.08. The number of nitrogens with zero attached hydrogens (tertiary/aromatic N) is 1. The van der Waals surface area contributed by atoms with E-state index in [4.69, 9.17) is 0 Å². The Bertz CT molecular complexity index is 327. The first-order valence-electron chi connectivity index (χ1n) is 6.77. The van der Waals surface area contributed by atoms with Crippen LogP contribution in [0.15, 0.2) is 10.8 Å². The summed E-state index contributed by atoms with van der Waals surface area (Å²) in [6, 6.07) is 0.759. The molecule has 1 aliphatic rings. The van der Waals surface area contributed by atoms with Crippen LogP contribution >= 0.6 is 11.3 Å². The largest absolute Gasteiger partial charge is 0.314 e. The van der Waals surface area contributed by atoms with Crippen LogP contribution in [-0.2, 0) is 6.54 Å². The van der Waals surface area contributed by atoms with Crippen molar-refractivity contribution < 1.29 is 0 Å². The Balaban J connectivity index is 1.74. The summed E-state index contributed by atoms with van der Waals surface area (Å²) >= 11 is 1.83. The minimum Gasteiger partial charge on any atom is -0.314 e. The fraction of sp³-hybridized carbons (Fsp3) is 0.714. The number of hydrogen-bond donors (Lipinski definition) is 1. The van der Waals surface area contributed by atoms with Crippen molar-refractivity contribution in [2.75, 3.05) is 19.6 Å². The molecule has 2 heterocycles. The van der Waals surface area contributed by atoms with E-state index in [9.17, 15) is 0 Å². The van der Waals surface area contributed by atoms with Gasteiger partial charge in [0.05, 0.1) is 0 Å². The smallest absolute Gasteiger partial charge is 0.0244 e. The van der Waals surface area contributed by atoms with Crippen molar-refractivity contribution in [1.29, 1.82) is 0 Å². The first kappa shape index (κ1) is 13.1. The molecule has 1 aliphatic heterocycles. The predicted octanol–water partition coefficient (Wildman–Crippen LogP) is 3.02. The van der Waals surface area contributed by atoms with E-state index in [1.165, 1.54) is 50.0 Å². The van der Waals surface area contributed by atoms with Crippen molar-refractivity contribution in [1.82, 2.24) is 10.2 Å². The lowest BCUT2D eigenvalue weighted by molar-refractivity contribution is 0.191. The average molecular weight is 252 g/mol. The molecule has 0 bridgehead atoms. The first-order chi connectivity index (χ1) is 8.29. The summed E-state index contributed by atoms with van der Waals surface area (Å²) in [7, 11) is 0. The van der Waals surface area contributed by atoms with Gasteiger partial charge in [-0.2, -0.15) is 11.3 Å². The number of thiophene rings is 1. The molecule has 17 heavy (non-hydrogen) atoms. The summed E-state index contributed by atoms with van der Waals surface area (Å²) in [6.45, 7) is 9.28. The summed E-state index contributed by atoms with van der Waals surface area (Å²) < 4.78 is 0. The second-order valence-corrected chi connectivity index (χ2v) is 5.83. The molecule has 0 aliphatic carbocycles. The highest BCUT2D eigenvalue weighted by Gasteiger charge is 2.18. The molecule has 1 N–H and O–H groups in total. The second kappa shape index (κ2) is 6.53. The summed E-state index contributed by atoms with van der Waals surface area (Å²) in [5, 5.41) is 8.19. The third-order valence-electron chi connectivity index (χ3n) is 3.63. The van der Waals surface area contributed by atoms with E-state index in [0.717, 1.165) is 12.6 Å². The molecule has 0 radical (unpaired) electrons. The van der Waals surface area contributed by atoms with Crippen LogP contribution in [0.1, 0.15) is 37.3 Å². The zero-order chi connectivity index (χ0) is 12.1. The Morgan fingerprint density at radius 2 is 2.12 bits per heavy atom. The first-order valence-corrected chi connectivity index (χ1v) is 7.71. The van der Waals surface area contributed by atoms with Gasteiger partial charge < -0.3 is 5.32 Å². The maximum absolute atomic E-state index is 3.64. The molecule has 1 saturated heterocycles. The molecule has 2 nitrogen and oxygen atoms in total. The quantitative estimate of drug-likeness (QED) is 0.866. The number of piperidine rings is 1. The topological polar surface area (TPSA) is 15.3 Å².